The number of nitrogens with zero attached hydrogens (tertiary/aromatic N) is 1. The molecule has 0 aromatic carbocycles. The highest BCUT2D eigenvalue weighted by Crippen LogP contribution is 2.28. The molecular weight excluding hydrogens is 316 g/mol. The summed E-state index contributed by atoms with van der Waals surface area (Å²) in [7, 11) is 1.20. The van der Waals surface area contributed by atoms with Crippen molar-refractivity contribution in [2.75, 3.05) is 13.7 Å². The maximum atomic E-state index is 11.8. The molecule has 0 spiro atoms. The summed E-state index contributed by atoms with van der Waals surface area (Å²) in [5.41, 5.74) is -0.715. The van der Waals surface area contributed by atoms with Crippen molar-refractivity contribution in [2.24, 2.45) is 0 Å². The fraction of sp³-hybridized carbons (Fsp3) is 0.667. The normalized spacial score (nSPS) is 35.1. The van der Waals surface area contributed by atoms with Gasteiger partial charge in [0.1, 0.15) is 23.8 Å². The largest absolute Gasteiger partial charge is 0.469 e. The second kappa shape index (κ2) is 6.84. The molecule has 1 fully saturated rings. The van der Waals surface area contributed by atoms with E-state index in [9.17, 15) is 19.8 Å². The van der Waals surface area contributed by atoms with E-state index in [2.05, 4.69) is 22.7 Å². The van der Waals surface area contributed by atoms with Gasteiger partial charge in [-0.1, -0.05) is 0 Å². The fourth-order valence-electron chi connectivity index (χ4n) is 2.29. The number of aliphatic hydroxyl groups excluding tert-OH is 3. The Hall–Kier alpha value is -1.33. The number of carbonyl (C=O) groups excluding carboxylic acids is 2. The highest BCUT2D eigenvalue weighted by atomic mass is 32.1. The summed E-state index contributed by atoms with van der Waals surface area (Å²) in [5.74, 6) is -1.09. The maximum Gasteiger partial charge on any atom is 0.310 e. The first-order chi connectivity index (χ1) is 10.4. The van der Waals surface area contributed by atoms with E-state index in [1.54, 1.807) is 0 Å². The number of methoxy groups -OCH3 is 1. The van der Waals surface area contributed by atoms with Crippen LogP contribution in [0.25, 0.3) is 0 Å². The molecule has 1 amide bonds. The first kappa shape index (κ1) is 17.0. The van der Waals surface area contributed by atoms with Crippen LogP contribution in [0.3, 0.4) is 0 Å². The monoisotopic (exact) mass is 334 g/mol. The molecule has 22 heavy (non-hydrogen) atoms. The van der Waals surface area contributed by atoms with Crippen molar-refractivity contribution in [3.63, 3.8) is 0 Å². The highest BCUT2D eigenvalue weighted by Gasteiger charge is 2.47. The van der Waals surface area contributed by atoms with Gasteiger partial charge in [0, 0.05) is 11.8 Å². The number of esters is 1. The average Bonchev–Trinajstić information content (AvgIpc) is 2.77. The van der Waals surface area contributed by atoms with Gasteiger partial charge in [-0.05, 0) is 0 Å². The lowest BCUT2D eigenvalue weighted by molar-refractivity contribution is -0.141. The van der Waals surface area contributed by atoms with Gasteiger partial charge in [0.25, 0.3) is 5.91 Å². The molecule has 2 aliphatic rings. The predicted molar refractivity (Wildman–Crippen MR) is 75.2 cm³/mol. The van der Waals surface area contributed by atoms with Crippen LogP contribution in [0.1, 0.15) is 6.42 Å². The number of amides is 1. The molecule has 10 heteroatoms. The average molecular weight is 334 g/mol. The lowest BCUT2D eigenvalue weighted by Crippen LogP contribution is -2.54. The van der Waals surface area contributed by atoms with Crippen LogP contribution in [0.15, 0.2) is 11.8 Å². The lowest BCUT2D eigenvalue weighted by Gasteiger charge is -2.37. The maximum absolute atomic E-state index is 11.8. The van der Waals surface area contributed by atoms with Crippen LogP contribution in [-0.2, 0) is 19.1 Å². The standard InChI is InChI=1S/C12H18N2O7S/c1-20-7(16)2-5-3-14(12(22)13-10(5)19)11-9(18)8(17)6(4-15)21-11/h3,6,8-9,11-12,15,17-18,22H,2,4H2,1H3,(H,13,19)/t6-,8?,9?,11-,12?/m1/s1. The summed E-state index contributed by atoms with van der Waals surface area (Å²) in [4.78, 5) is 24.5. The molecule has 0 aromatic rings. The van der Waals surface area contributed by atoms with E-state index in [-0.39, 0.29) is 12.0 Å². The SMILES string of the molecule is COC(=O)CC1=CN([C@@H]2O[C@H](CO)C(O)C2O)C(S)NC1=O. The van der Waals surface area contributed by atoms with Crippen LogP contribution in [0.2, 0.25) is 0 Å². The van der Waals surface area contributed by atoms with E-state index in [0.717, 1.165) is 0 Å². The zero-order valence-electron chi connectivity index (χ0n) is 11.7. The number of rotatable bonds is 4. The zero-order chi connectivity index (χ0) is 16.4. The molecule has 124 valence electrons. The minimum Gasteiger partial charge on any atom is -0.469 e. The summed E-state index contributed by atoms with van der Waals surface area (Å²) in [5, 5.41) is 31.4. The Balaban J connectivity index is 2.21. The van der Waals surface area contributed by atoms with Gasteiger partial charge in [0.05, 0.1) is 20.1 Å². The Morgan fingerprint density at radius 3 is 2.73 bits per heavy atom. The Morgan fingerprint density at radius 2 is 2.18 bits per heavy atom. The molecule has 2 heterocycles. The van der Waals surface area contributed by atoms with Crippen LogP contribution in [0, 0.1) is 0 Å². The van der Waals surface area contributed by atoms with Gasteiger partial charge in [-0.25, -0.2) is 0 Å². The molecule has 2 aliphatic heterocycles. The molecule has 3 unspecified atom stereocenters. The Morgan fingerprint density at radius 1 is 1.50 bits per heavy atom. The molecule has 0 saturated carbocycles. The molecule has 1 saturated heterocycles. The van der Waals surface area contributed by atoms with Crippen molar-refractivity contribution in [1.82, 2.24) is 10.2 Å². The number of hydrogen-bond donors (Lipinski definition) is 5. The molecule has 9 nitrogen and oxygen atoms in total. The molecule has 0 radical (unpaired) electrons. The van der Waals surface area contributed by atoms with Gasteiger partial charge in [-0.3, -0.25) is 9.59 Å². The summed E-state index contributed by atoms with van der Waals surface area (Å²) in [6.45, 7) is -0.467. The Labute approximate surface area is 131 Å². The van der Waals surface area contributed by atoms with Gasteiger partial charge in [0.2, 0.25) is 0 Å². The second-order valence-electron chi connectivity index (χ2n) is 4.93. The van der Waals surface area contributed by atoms with Crippen LogP contribution in [0.4, 0.5) is 0 Å². The van der Waals surface area contributed by atoms with E-state index >= 15 is 0 Å². The van der Waals surface area contributed by atoms with Crippen molar-refractivity contribution in [1.29, 1.82) is 0 Å². The summed E-state index contributed by atoms with van der Waals surface area (Å²) < 4.78 is 9.89. The number of nitrogens with one attached hydrogen (secondary N) is 1. The Bertz CT molecular complexity index is 486. The molecule has 5 atom stereocenters. The van der Waals surface area contributed by atoms with Gasteiger partial charge >= 0.3 is 5.97 Å². The van der Waals surface area contributed by atoms with E-state index in [4.69, 9.17) is 9.84 Å². The van der Waals surface area contributed by atoms with Crippen LogP contribution >= 0.6 is 12.6 Å². The number of hydrogen-bond acceptors (Lipinski definition) is 9. The third-order valence-electron chi connectivity index (χ3n) is 3.51. The van der Waals surface area contributed by atoms with Gasteiger partial charge in [0.15, 0.2) is 6.23 Å². The molecule has 0 aromatic heterocycles. The van der Waals surface area contributed by atoms with Crippen LogP contribution < -0.4 is 5.32 Å². The minimum absolute atomic E-state index is 0.106. The first-order valence-electron chi connectivity index (χ1n) is 6.55. The van der Waals surface area contributed by atoms with E-state index in [1.165, 1.54) is 18.2 Å². The smallest absolute Gasteiger partial charge is 0.310 e. The third kappa shape index (κ3) is 3.20. The number of aliphatic hydroxyl groups is 3. The molecule has 2 rings (SSSR count). The quantitative estimate of drug-likeness (QED) is 0.282. The van der Waals surface area contributed by atoms with Gasteiger partial charge in [-0.2, -0.15) is 0 Å². The molecular formula is C12H18N2O7S. The number of ether oxygens (including phenoxy) is 2. The van der Waals surface area contributed by atoms with E-state index in [1.807, 2.05) is 0 Å². The Kier molecular flexibility index (Phi) is 5.29. The number of carbonyl (C=O) groups is 2. The van der Waals surface area contributed by atoms with Gasteiger partial charge < -0.3 is 35.0 Å². The van der Waals surface area contributed by atoms with Crippen molar-refractivity contribution in [2.45, 2.75) is 36.5 Å². The first-order valence-corrected chi connectivity index (χ1v) is 7.07. The van der Waals surface area contributed by atoms with Crippen molar-refractivity contribution in [3.05, 3.63) is 11.8 Å². The summed E-state index contributed by atoms with van der Waals surface area (Å²) in [6, 6.07) is 0. The third-order valence-corrected chi connectivity index (χ3v) is 3.91. The topological polar surface area (TPSA) is 129 Å². The molecule has 4 N–H and O–H groups in total. The highest BCUT2D eigenvalue weighted by molar-refractivity contribution is 7.80. The molecule has 0 aliphatic carbocycles. The van der Waals surface area contributed by atoms with Crippen molar-refractivity contribution in [3.8, 4) is 0 Å². The number of thiol groups is 1. The lowest BCUT2D eigenvalue weighted by atomic mass is 10.1. The molecule has 0 bridgehead atoms. The van der Waals surface area contributed by atoms with Gasteiger partial charge in [-0.15, -0.1) is 12.6 Å². The van der Waals surface area contributed by atoms with Crippen LogP contribution in [0.5, 0.6) is 0 Å². The van der Waals surface area contributed by atoms with Crippen LogP contribution in [-0.4, -0.2) is 75.9 Å². The van der Waals surface area contributed by atoms with Crippen molar-refractivity contribution < 1.29 is 34.4 Å². The summed E-state index contributed by atoms with van der Waals surface area (Å²) in [6.07, 6.45) is -3.48. The van der Waals surface area contributed by atoms with E-state index < -0.39 is 48.5 Å². The summed E-state index contributed by atoms with van der Waals surface area (Å²) >= 11 is 4.17. The fourth-order valence-corrected chi connectivity index (χ4v) is 2.60. The van der Waals surface area contributed by atoms with E-state index in [0.29, 0.717) is 0 Å². The second-order valence-corrected chi connectivity index (χ2v) is 5.42. The van der Waals surface area contributed by atoms with Crippen molar-refractivity contribution >= 4 is 24.5 Å². The zero-order valence-corrected chi connectivity index (χ0v) is 12.6. The predicted octanol–water partition coefficient (Wildman–Crippen LogP) is -2.48. The minimum atomic E-state index is -1.31.